The second-order valence-corrected chi connectivity index (χ2v) is 14.3. The Morgan fingerprint density at radius 2 is 1.04 bits per heavy atom. The van der Waals surface area contributed by atoms with Crippen molar-refractivity contribution in [3.63, 3.8) is 0 Å². The Hall–Kier alpha value is -6.81. The van der Waals surface area contributed by atoms with E-state index in [2.05, 4.69) is 15.0 Å². The summed E-state index contributed by atoms with van der Waals surface area (Å²) in [5.74, 6) is 2.07. The highest BCUT2D eigenvalue weighted by Gasteiger charge is 2.21. The minimum atomic E-state index is -1.08. The van der Waals surface area contributed by atoms with Gasteiger partial charge < -0.3 is 19.3 Å². The zero-order valence-electron chi connectivity index (χ0n) is 29.7. The van der Waals surface area contributed by atoms with Crippen LogP contribution < -0.4 is 14.2 Å². The maximum absolute atomic E-state index is 12.6. The predicted molar refractivity (Wildman–Crippen MR) is 220 cm³/mol. The first-order valence-corrected chi connectivity index (χ1v) is 18.8. The number of pyridine rings is 3. The van der Waals surface area contributed by atoms with Crippen LogP contribution in [0.5, 0.6) is 34.5 Å². The Bertz CT molecular complexity index is 2620. The zero-order valence-corrected chi connectivity index (χ0v) is 31.3. The smallest absolute Gasteiger partial charge is 0.336 e. The molecule has 0 aliphatic heterocycles. The molecule has 4 aromatic carbocycles. The summed E-state index contributed by atoms with van der Waals surface area (Å²) in [7, 11) is 0. The lowest BCUT2D eigenvalue weighted by Crippen LogP contribution is -1.99. The fourth-order valence-corrected chi connectivity index (χ4v) is 7.30. The number of carboxylic acid groups (broad SMARTS) is 1. The van der Waals surface area contributed by atoms with Crippen LogP contribution in [0, 0.1) is 0 Å². The van der Waals surface area contributed by atoms with Gasteiger partial charge in [-0.15, -0.1) is 11.3 Å². The number of fused-ring (bicyclic) bond motifs is 1. The van der Waals surface area contributed by atoms with Crippen LogP contribution >= 0.6 is 22.9 Å². The second kappa shape index (κ2) is 16.7. The van der Waals surface area contributed by atoms with Gasteiger partial charge in [-0.2, -0.15) is 0 Å². The van der Waals surface area contributed by atoms with E-state index in [4.69, 9.17) is 25.8 Å². The molecule has 8 rings (SSSR count). The van der Waals surface area contributed by atoms with Gasteiger partial charge in [0.2, 0.25) is 0 Å². The largest absolute Gasteiger partial charge is 0.478 e. The molecule has 0 atom stereocenters. The van der Waals surface area contributed by atoms with E-state index in [1.54, 1.807) is 79.7 Å². The Morgan fingerprint density at radius 3 is 1.55 bits per heavy atom. The van der Waals surface area contributed by atoms with E-state index >= 15 is 0 Å². The third kappa shape index (κ3) is 8.76. The number of carbonyl (C=O) groups is 1. The minimum Gasteiger partial charge on any atom is -0.478 e. The normalized spacial score (nSPS) is 11.3. The molecule has 0 radical (unpaired) electrons. The van der Waals surface area contributed by atoms with Crippen LogP contribution in [0.15, 0.2) is 159 Å². The second-order valence-electron chi connectivity index (χ2n) is 12.8. The van der Waals surface area contributed by atoms with Crippen molar-refractivity contribution in [3.05, 3.63) is 196 Å². The van der Waals surface area contributed by atoms with E-state index in [0.29, 0.717) is 55.3 Å². The summed E-state index contributed by atoms with van der Waals surface area (Å²) in [6.07, 6.45) is 13.4. The lowest BCUT2D eigenvalue weighted by Gasteiger charge is -2.14. The number of rotatable bonds is 13. The van der Waals surface area contributed by atoms with E-state index in [9.17, 15) is 9.90 Å². The van der Waals surface area contributed by atoms with E-state index in [0.717, 1.165) is 39.8 Å². The number of ether oxygens (including phenoxy) is 3. The van der Waals surface area contributed by atoms with Gasteiger partial charge in [0.25, 0.3) is 0 Å². The van der Waals surface area contributed by atoms with Gasteiger partial charge in [-0.1, -0.05) is 35.9 Å². The summed E-state index contributed by atoms with van der Waals surface area (Å²) in [4.78, 5) is 25.5. The van der Waals surface area contributed by atoms with Crippen LogP contribution in [0.1, 0.15) is 32.7 Å². The molecule has 0 unspecified atom stereocenters. The van der Waals surface area contributed by atoms with Crippen LogP contribution in [0.25, 0.3) is 21.7 Å². The summed E-state index contributed by atoms with van der Waals surface area (Å²) >= 11 is 7.58. The molecule has 0 saturated carbocycles. The van der Waals surface area contributed by atoms with E-state index in [1.807, 2.05) is 84.9 Å². The lowest BCUT2D eigenvalue weighted by atomic mass is 10.1. The zero-order chi connectivity index (χ0) is 38.3. The van der Waals surface area contributed by atoms with Crippen molar-refractivity contribution in [2.45, 2.75) is 12.8 Å². The topological polar surface area (TPSA) is 104 Å². The van der Waals surface area contributed by atoms with Crippen LogP contribution in [0.2, 0.25) is 5.02 Å². The molecule has 0 saturated heterocycles. The molecule has 4 heterocycles. The van der Waals surface area contributed by atoms with Gasteiger partial charge in [0.15, 0.2) is 17.2 Å². The highest BCUT2D eigenvalue weighted by molar-refractivity contribution is 7.20. The molecule has 0 bridgehead atoms. The van der Waals surface area contributed by atoms with Crippen molar-refractivity contribution in [3.8, 4) is 34.5 Å². The Kier molecular flexibility index (Phi) is 10.8. The molecular formula is C46H32ClN3O5S. The molecule has 8 nitrogen and oxygen atoms in total. The molecule has 1 N–H and O–H groups in total. The monoisotopic (exact) mass is 773 g/mol. The number of halogens is 1. The van der Waals surface area contributed by atoms with Crippen molar-refractivity contribution in [1.82, 2.24) is 15.0 Å². The number of hydrogen-bond acceptors (Lipinski definition) is 8. The summed E-state index contributed by atoms with van der Waals surface area (Å²) in [6.45, 7) is 0. The van der Waals surface area contributed by atoms with Crippen LogP contribution in [0.4, 0.5) is 0 Å². The maximum atomic E-state index is 12.6. The van der Waals surface area contributed by atoms with Crippen LogP contribution in [0.3, 0.4) is 0 Å². The van der Waals surface area contributed by atoms with Crippen molar-refractivity contribution < 1.29 is 24.1 Å². The molecule has 0 spiro atoms. The lowest BCUT2D eigenvalue weighted by molar-refractivity contribution is -0.130. The maximum Gasteiger partial charge on any atom is 0.336 e. The summed E-state index contributed by atoms with van der Waals surface area (Å²) < 4.78 is 20.5. The third-order valence-electron chi connectivity index (χ3n) is 8.88. The van der Waals surface area contributed by atoms with Gasteiger partial charge in [0, 0.05) is 58.4 Å². The quantitative estimate of drug-likeness (QED) is 0.116. The van der Waals surface area contributed by atoms with Gasteiger partial charge >= 0.3 is 5.97 Å². The van der Waals surface area contributed by atoms with Gasteiger partial charge in [-0.05, 0) is 138 Å². The number of thiophene rings is 1. The van der Waals surface area contributed by atoms with E-state index in [1.165, 1.54) is 11.3 Å². The first-order valence-electron chi connectivity index (χ1n) is 17.6. The van der Waals surface area contributed by atoms with Crippen molar-refractivity contribution in [2.75, 3.05) is 0 Å². The fourth-order valence-electron chi connectivity index (χ4n) is 6.09. The SMILES string of the molecule is O=C(O)C(=Cc1sc2cc(Oc3ccc(Cc4ccncc4)cc3)c(Oc3ccc(Cc4ccncc4)cc3)cc2c1Oc1ccc(Cl)cc1)c1ccncc1. The number of carboxylic acids is 1. The molecule has 274 valence electrons. The van der Waals surface area contributed by atoms with Crippen LogP contribution in [-0.4, -0.2) is 26.0 Å². The molecule has 10 heteroatoms. The first-order chi connectivity index (χ1) is 27.4. The van der Waals surface area contributed by atoms with Gasteiger partial charge in [0.05, 0.1) is 10.5 Å². The molecule has 0 aliphatic carbocycles. The van der Waals surface area contributed by atoms with E-state index < -0.39 is 5.97 Å². The number of nitrogens with zero attached hydrogens (tertiary/aromatic N) is 3. The average molecular weight is 774 g/mol. The minimum absolute atomic E-state index is 0.0894. The summed E-state index contributed by atoms with van der Waals surface area (Å²) in [6, 6.07) is 38.0. The van der Waals surface area contributed by atoms with Crippen LogP contribution in [-0.2, 0) is 17.6 Å². The predicted octanol–water partition coefficient (Wildman–Crippen LogP) is 11.9. The summed E-state index contributed by atoms with van der Waals surface area (Å²) in [5, 5.41) is 11.6. The average Bonchev–Trinajstić information content (AvgIpc) is 3.55. The number of benzene rings is 4. The molecular weight excluding hydrogens is 742 g/mol. The Balaban J connectivity index is 1.20. The molecule has 0 amide bonds. The highest BCUT2D eigenvalue weighted by atomic mass is 35.5. The molecule has 4 aromatic heterocycles. The van der Waals surface area contributed by atoms with Crippen molar-refractivity contribution in [2.24, 2.45) is 0 Å². The van der Waals surface area contributed by atoms with Gasteiger partial charge in [-0.25, -0.2) is 4.79 Å². The third-order valence-corrected chi connectivity index (χ3v) is 10.2. The highest BCUT2D eigenvalue weighted by Crippen LogP contribution is 2.48. The molecule has 8 aromatic rings. The molecule has 0 fully saturated rings. The number of hydrogen-bond donors (Lipinski definition) is 1. The number of aliphatic carboxylic acids is 1. The first kappa shape index (κ1) is 36.2. The Labute approximate surface area is 331 Å². The molecule has 0 aliphatic rings. The fraction of sp³-hybridized carbons (Fsp3) is 0.0435. The van der Waals surface area contributed by atoms with Gasteiger partial charge in [-0.3, -0.25) is 15.0 Å². The van der Waals surface area contributed by atoms with Crippen molar-refractivity contribution >= 4 is 50.6 Å². The summed E-state index contributed by atoms with van der Waals surface area (Å²) in [5.41, 5.74) is 5.17. The Morgan fingerprint density at radius 1 is 0.589 bits per heavy atom. The number of aromatic nitrogens is 3. The molecule has 56 heavy (non-hydrogen) atoms. The van der Waals surface area contributed by atoms with E-state index in [-0.39, 0.29) is 5.57 Å². The van der Waals surface area contributed by atoms with Gasteiger partial charge in [0.1, 0.15) is 17.2 Å². The van der Waals surface area contributed by atoms with Crippen molar-refractivity contribution in [1.29, 1.82) is 0 Å². The standard InChI is InChI=1S/C46H32ClN3O5S/c47-35-5-11-38(12-6-35)55-45-40-27-41(53-36-7-1-30(2-8-36)25-32-13-19-48-20-14-32)42(54-37-9-3-31(4-10-37)26-33-15-21-49-22-16-33)29-43(40)56-44(45)28-39(46(51)52)34-17-23-50-24-18-34/h1-24,27-29H,25-26H2,(H,51,52).